The highest BCUT2D eigenvalue weighted by Crippen LogP contribution is 2.19. The lowest BCUT2D eigenvalue weighted by Gasteiger charge is -2.05. The molecule has 0 fully saturated rings. The lowest BCUT2D eigenvalue weighted by molar-refractivity contribution is 0.571. The number of hydrogen-bond donors (Lipinski definition) is 0. The summed E-state index contributed by atoms with van der Waals surface area (Å²) < 4.78 is 9.62. The van der Waals surface area contributed by atoms with Gasteiger partial charge in [0, 0.05) is 19.7 Å². The van der Waals surface area contributed by atoms with Crippen molar-refractivity contribution in [2.24, 2.45) is 14.1 Å². The van der Waals surface area contributed by atoms with E-state index in [1.165, 1.54) is 17.9 Å². The van der Waals surface area contributed by atoms with Gasteiger partial charge in [0.2, 0.25) is 5.89 Å². The van der Waals surface area contributed by atoms with E-state index in [9.17, 15) is 9.59 Å². The Hall–Kier alpha value is -3.42. The molecule has 0 unspecified atom stereocenters. The van der Waals surface area contributed by atoms with E-state index in [2.05, 4.69) is 9.97 Å². The van der Waals surface area contributed by atoms with Gasteiger partial charge in [-0.25, -0.2) is 14.8 Å². The second-order valence-electron chi connectivity index (χ2n) is 5.76. The predicted octanol–water partition coefficient (Wildman–Crippen LogP) is 1.14. The summed E-state index contributed by atoms with van der Waals surface area (Å²) in [5.74, 6) is 0.514. The lowest BCUT2D eigenvalue weighted by atomic mass is 10.2. The summed E-state index contributed by atoms with van der Waals surface area (Å²) in [6.07, 6.45) is 3.09. The molecule has 8 heteroatoms. The maximum absolute atomic E-state index is 12.4. The molecule has 3 heterocycles. The van der Waals surface area contributed by atoms with E-state index in [0.717, 1.165) is 10.1 Å². The molecule has 0 saturated heterocycles. The fourth-order valence-corrected chi connectivity index (χ4v) is 2.78. The molecule has 0 bridgehead atoms. The van der Waals surface area contributed by atoms with Crippen molar-refractivity contribution in [2.75, 3.05) is 0 Å². The summed E-state index contributed by atoms with van der Waals surface area (Å²) in [5, 5.41) is 0. The van der Waals surface area contributed by atoms with Gasteiger partial charge in [-0.05, 0) is 12.1 Å². The van der Waals surface area contributed by atoms with Gasteiger partial charge in [-0.15, -0.1) is 0 Å². The van der Waals surface area contributed by atoms with Gasteiger partial charge >= 0.3 is 5.69 Å². The number of benzene rings is 1. The fourth-order valence-electron chi connectivity index (χ4n) is 2.78. The highest BCUT2D eigenvalue weighted by Gasteiger charge is 2.15. The molecule has 3 aromatic heterocycles. The molecule has 8 nitrogen and oxygen atoms in total. The highest BCUT2D eigenvalue weighted by molar-refractivity contribution is 5.70. The lowest BCUT2D eigenvalue weighted by Crippen LogP contribution is -2.37. The Kier molecular flexibility index (Phi) is 3.38. The molecule has 0 aliphatic carbocycles. The van der Waals surface area contributed by atoms with Crippen molar-refractivity contribution in [3.63, 3.8) is 0 Å². The summed E-state index contributed by atoms with van der Waals surface area (Å²) in [5.41, 5.74) is 1.45. The van der Waals surface area contributed by atoms with Crippen molar-refractivity contribution in [1.82, 2.24) is 23.7 Å². The van der Waals surface area contributed by atoms with Gasteiger partial charge in [-0.3, -0.25) is 13.9 Å². The number of nitrogens with zero attached hydrogens (tertiary/aromatic N) is 5. The van der Waals surface area contributed by atoms with Crippen molar-refractivity contribution < 1.29 is 4.42 Å². The van der Waals surface area contributed by atoms with Crippen LogP contribution in [-0.4, -0.2) is 23.7 Å². The third-order valence-electron chi connectivity index (χ3n) is 4.12. The fraction of sp³-hybridized carbons (Fsp3) is 0.176. The Labute approximate surface area is 141 Å². The van der Waals surface area contributed by atoms with Crippen LogP contribution in [0.2, 0.25) is 0 Å². The first-order valence-corrected chi connectivity index (χ1v) is 7.67. The number of aryl methyl sites for hydroxylation is 1. The third-order valence-corrected chi connectivity index (χ3v) is 4.12. The summed E-state index contributed by atoms with van der Waals surface area (Å²) in [7, 11) is 3.04. The SMILES string of the molecule is Cn1c(=O)c2c(ncn2Cc2coc(-c3ccccc3)n2)n(C)c1=O. The van der Waals surface area contributed by atoms with E-state index in [4.69, 9.17) is 4.42 Å². The standard InChI is InChI=1S/C17H15N5O3/c1-20-14-13(16(23)21(2)17(20)24)22(10-18-14)8-12-9-25-15(19-12)11-6-4-3-5-7-11/h3-7,9-10H,8H2,1-2H3. The minimum absolute atomic E-state index is 0.320. The maximum Gasteiger partial charge on any atom is 0.332 e. The molecular formula is C17H15N5O3. The molecule has 25 heavy (non-hydrogen) atoms. The number of aromatic nitrogens is 5. The van der Waals surface area contributed by atoms with Crippen LogP contribution < -0.4 is 11.2 Å². The van der Waals surface area contributed by atoms with Crippen LogP contribution in [-0.2, 0) is 20.6 Å². The van der Waals surface area contributed by atoms with E-state index in [-0.39, 0.29) is 5.56 Å². The van der Waals surface area contributed by atoms with Crippen molar-refractivity contribution in [3.05, 3.63) is 69.5 Å². The Morgan fingerprint density at radius 1 is 1.08 bits per heavy atom. The van der Waals surface area contributed by atoms with Gasteiger partial charge in [0.1, 0.15) is 6.26 Å². The van der Waals surface area contributed by atoms with E-state index in [1.54, 1.807) is 17.9 Å². The molecule has 4 rings (SSSR count). The molecule has 0 amide bonds. The third kappa shape index (κ3) is 2.38. The first-order chi connectivity index (χ1) is 12.1. The average Bonchev–Trinajstić information content (AvgIpc) is 3.27. The molecule has 0 spiro atoms. The summed E-state index contributed by atoms with van der Waals surface area (Å²) in [6.45, 7) is 0.320. The molecule has 0 aliphatic heterocycles. The first-order valence-electron chi connectivity index (χ1n) is 7.67. The number of imidazole rings is 1. The van der Waals surface area contributed by atoms with Crippen molar-refractivity contribution in [1.29, 1.82) is 0 Å². The quantitative estimate of drug-likeness (QED) is 0.559. The maximum atomic E-state index is 12.4. The molecule has 0 radical (unpaired) electrons. The minimum atomic E-state index is -0.407. The van der Waals surface area contributed by atoms with Crippen LogP contribution in [0.4, 0.5) is 0 Å². The second kappa shape index (κ2) is 5.59. The Bertz CT molecular complexity index is 1180. The van der Waals surface area contributed by atoms with Crippen LogP contribution in [0.15, 0.2) is 56.9 Å². The molecule has 126 valence electrons. The zero-order valence-electron chi connectivity index (χ0n) is 13.7. The van der Waals surface area contributed by atoms with Gasteiger partial charge in [0.15, 0.2) is 11.2 Å². The predicted molar refractivity (Wildman–Crippen MR) is 91.3 cm³/mol. The molecule has 4 aromatic rings. The van der Waals surface area contributed by atoms with E-state index < -0.39 is 5.69 Å². The zero-order chi connectivity index (χ0) is 17.6. The van der Waals surface area contributed by atoms with Crippen LogP contribution in [0, 0.1) is 0 Å². The molecule has 0 saturated carbocycles. The molecule has 0 aliphatic rings. The van der Waals surface area contributed by atoms with E-state index in [1.807, 2.05) is 30.3 Å². The average molecular weight is 337 g/mol. The highest BCUT2D eigenvalue weighted by atomic mass is 16.3. The van der Waals surface area contributed by atoms with E-state index in [0.29, 0.717) is 29.3 Å². The van der Waals surface area contributed by atoms with Gasteiger partial charge in [-0.2, -0.15) is 0 Å². The summed E-state index contributed by atoms with van der Waals surface area (Å²) >= 11 is 0. The van der Waals surface area contributed by atoms with Crippen molar-refractivity contribution in [3.8, 4) is 11.5 Å². The Morgan fingerprint density at radius 2 is 1.84 bits per heavy atom. The normalized spacial score (nSPS) is 11.3. The Balaban J connectivity index is 1.77. The van der Waals surface area contributed by atoms with Gasteiger partial charge < -0.3 is 8.98 Å². The zero-order valence-corrected chi connectivity index (χ0v) is 13.7. The molecular weight excluding hydrogens is 322 g/mol. The minimum Gasteiger partial charge on any atom is -0.444 e. The molecule has 1 aromatic carbocycles. The Morgan fingerprint density at radius 3 is 2.60 bits per heavy atom. The smallest absolute Gasteiger partial charge is 0.332 e. The first kappa shape index (κ1) is 15.1. The number of rotatable bonds is 3. The summed E-state index contributed by atoms with van der Waals surface area (Å²) in [4.78, 5) is 33.1. The second-order valence-corrected chi connectivity index (χ2v) is 5.76. The van der Waals surface area contributed by atoms with Crippen LogP contribution >= 0.6 is 0 Å². The largest absolute Gasteiger partial charge is 0.444 e. The number of hydrogen-bond acceptors (Lipinski definition) is 5. The van der Waals surface area contributed by atoms with Gasteiger partial charge in [-0.1, -0.05) is 18.2 Å². The van der Waals surface area contributed by atoms with Gasteiger partial charge in [0.25, 0.3) is 5.56 Å². The van der Waals surface area contributed by atoms with Gasteiger partial charge in [0.05, 0.1) is 18.6 Å². The number of oxazole rings is 1. The van der Waals surface area contributed by atoms with Crippen molar-refractivity contribution >= 4 is 11.2 Å². The van der Waals surface area contributed by atoms with Crippen molar-refractivity contribution in [2.45, 2.75) is 6.54 Å². The number of fused-ring (bicyclic) bond motifs is 1. The monoisotopic (exact) mass is 337 g/mol. The van der Waals surface area contributed by atoms with Crippen LogP contribution in [0.5, 0.6) is 0 Å². The van der Waals surface area contributed by atoms with Crippen LogP contribution in [0.25, 0.3) is 22.6 Å². The molecule has 0 N–H and O–H groups in total. The van der Waals surface area contributed by atoms with Crippen LogP contribution in [0.1, 0.15) is 5.69 Å². The topological polar surface area (TPSA) is 87.8 Å². The molecule has 0 atom stereocenters. The summed E-state index contributed by atoms with van der Waals surface area (Å²) in [6, 6.07) is 9.56. The van der Waals surface area contributed by atoms with E-state index >= 15 is 0 Å². The van der Waals surface area contributed by atoms with Crippen LogP contribution in [0.3, 0.4) is 0 Å².